The molecule has 2 aromatic rings. The second-order valence-electron chi connectivity index (χ2n) is 6.32. The summed E-state index contributed by atoms with van der Waals surface area (Å²) in [4.78, 5) is 28.4. The first-order valence-electron chi connectivity index (χ1n) is 8.67. The van der Waals surface area contributed by atoms with E-state index >= 15 is 0 Å². The first-order valence-corrected chi connectivity index (χ1v) is 9.55. The fourth-order valence-electron chi connectivity index (χ4n) is 2.45. The molecule has 1 atom stereocenters. The van der Waals surface area contributed by atoms with E-state index in [9.17, 15) is 9.59 Å². The highest BCUT2D eigenvalue weighted by Gasteiger charge is 2.22. The highest BCUT2D eigenvalue weighted by Crippen LogP contribution is 2.21. The smallest absolute Gasteiger partial charge is 0.312 e. The third-order valence-corrected chi connectivity index (χ3v) is 4.69. The number of nitrogens with zero attached hydrogens (tertiary/aromatic N) is 2. The molecule has 0 aliphatic rings. The third-order valence-electron chi connectivity index (χ3n) is 3.82. The summed E-state index contributed by atoms with van der Waals surface area (Å²) in [5.74, 6) is 1.01. The van der Waals surface area contributed by atoms with E-state index in [0.29, 0.717) is 24.7 Å². The summed E-state index contributed by atoms with van der Waals surface area (Å²) in [6.45, 7) is 4.26. The van der Waals surface area contributed by atoms with Gasteiger partial charge in [-0.15, -0.1) is 11.3 Å². The SMILES string of the molecule is CC(C)[C@H](NC(N)=O)C(=O)NCCCCCc1nc(-c2cccs2)no1. The van der Waals surface area contributed by atoms with Gasteiger partial charge in [-0.3, -0.25) is 4.79 Å². The topological polar surface area (TPSA) is 123 Å². The first-order chi connectivity index (χ1) is 12.5. The van der Waals surface area contributed by atoms with Crippen molar-refractivity contribution in [2.24, 2.45) is 11.7 Å². The standard InChI is InChI=1S/C17H25N5O3S/c1-11(2)14(21-17(18)24)16(23)19-9-5-3-4-8-13-20-15(22-25-13)12-7-6-10-26-12/h6-7,10-11,14H,3-5,8-9H2,1-2H3,(H,19,23)(H3,18,21,24)/t14-/m0/s1. The average Bonchev–Trinajstić information content (AvgIpc) is 3.26. The molecule has 3 amide bonds. The molecule has 0 radical (unpaired) electrons. The van der Waals surface area contributed by atoms with Gasteiger partial charge in [-0.2, -0.15) is 4.98 Å². The van der Waals surface area contributed by atoms with Crippen molar-refractivity contribution in [3.05, 3.63) is 23.4 Å². The van der Waals surface area contributed by atoms with Gasteiger partial charge < -0.3 is 20.9 Å². The molecule has 2 heterocycles. The Kier molecular flexibility index (Phi) is 7.58. The number of aromatic nitrogens is 2. The van der Waals surface area contributed by atoms with Crippen molar-refractivity contribution in [1.82, 2.24) is 20.8 Å². The number of unbranched alkanes of at least 4 members (excludes halogenated alkanes) is 2. The Labute approximate surface area is 156 Å². The summed E-state index contributed by atoms with van der Waals surface area (Å²) >= 11 is 1.58. The van der Waals surface area contributed by atoms with Gasteiger partial charge in [0.15, 0.2) is 0 Å². The predicted molar refractivity (Wildman–Crippen MR) is 99.5 cm³/mol. The van der Waals surface area contributed by atoms with Crippen LogP contribution < -0.4 is 16.4 Å². The minimum atomic E-state index is -0.694. The van der Waals surface area contributed by atoms with Gasteiger partial charge in [0, 0.05) is 13.0 Å². The molecule has 0 spiro atoms. The third kappa shape index (κ3) is 6.14. The second-order valence-corrected chi connectivity index (χ2v) is 7.27. The Bertz CT molecular complexity index is 699. The summed E-state index contributed by atoms with van der Waals surface area (Å²) in [6.07, 6.45) is 3.37. The lowest BCUT2D eigenvalue weighted by molar-refractivity contribution is -0.123. The molecule has 2 aromatic heterocycles. The Morgan fingerprint density at radius 1 is 1.31 bits per heavy atom. The lowest BCUT2D eigenvalue weighted by Gasteiger charge is -2.20. The van der Waals surface area contributed by atoms with Gasteiger partial charge in [-0.1, -0.05) is 31.5 Å². The molecule has 0 saturated carbocycles. The molecule has 0 unspecified atom stereocenters. The molecular formula is C17H25N5O3S. The molecule has 2 rings (SSSR count). The maximum Gasteiger partial charge on any atom is 0.312 e. The van der Waals surface area contributed by atoms with Crippen molar-refractivity contribution in [1.29, 1.82) is 0 Å². The maximum absolute atomic E-state index is 12.1. The zero-order valence-electron chi connectivity index (χ0n) is 15.0. The zero-order chi connectivity index (χ0) is 18.9. The Morgan fingerprint density at radius 3 is 2.77 bits per heavy atom. The van der Waals surface area contributed by atoms with Crippen LogP contribution in [0.4, 0.5) is 4.79 Å². The van der Waals surface area contributed by atoms with E-state index in [1.54, 1.807) is 11.3 Å². The zero-order valence-corrected chi connectivity index (χ0v) is 15.8. The van der Waals surface area contributed by atoms with Crippen LogP contribution in [0.1, 0.15) is 39.0 Å². The number of aryl methyl sites for hydroxylation is 1. The van der Waals surface area contributed by atoms with Crippen molar-refractivity contribution in [2.75, 3.05) is 6.54 Å². The summed E-state index contributed by atoms with van der Waals surface area (Å²) in [7, 11) is 0. The maximum atomic E-state index is 12.1. The number of rotatable bonds is 10. The van der Waals surface area contributed by atoms with Crippen molar-refractivity contribution in [2.45, 2.75) is 45.6 Å². The Balaban J connectivity index is 1.63. The number of nitrogens with one attached hydrogen (secondary N) is 2. The minimum Gasteiger partial charge on any atom is -0.354 e. The van der Waals surface area contributed by atoms with E-state index in [1.165, 1.54) is 0 Å². The molecule has 0 bridgehead atoms. The highest BCUT2D eigenvalue weighted by molar-refractivity contribution is 7.13. The largest absolute Gasteiger partial charge is 0.354 e. The van der Waals surface area contributed by atoms with Crippen LogP contribution >= 0.6 is 11.3 Å². The van der Waals surface area contributed by atoms with E-state index in [4.69, 9.17) is 10.3 Å². The molecule has 0 fully saturated rings. The number of thiophene rings is 1. The van der Waals surface area contributed by atoms with Crippen LogP contribution in [-0.4, -0.2) is 34.7 Å². The van der Waals surface area contributed by atoms with Gasteiger partial charge in [0.1, 0.15) is 6.04 Å². The lowest BCUT2D eigenvalue weighted by Crippen LogP contribution is -2.51. The molecule has 0 aromatic carbocycles. The van der Waals surface area contributed by atoms with E-state index in [2.05, 4.69) is 20.8 Å². The fourth-order valence-corrected chi connectivity index (χ4v) is 3.10. The number of amides is 3. The highest BCUT2D eigenvalue weighted by atomic mass is 32.1. The number of nitrogens with two attached hydrogens (primary N) is 1. The number of hydrogen-bond acceptors (Lipinski definition) is 6. The van der Waals surface area contributed by atoms with Gasteiger partial charge in [0.05, 0.1) is 4.88 Å². The van der Waals surface area contributed by atoms with Crippen molar-refractivity contribution in [3.63, 3.8) is 0 Å². The minimum absolute atomic E-state index is 0.0300. The summed E-state index contributed by atoms with van der Waals surface area (Å²) < 4.78 is 5.25. The number of urea groups is 1. The van der Waals surface area contributed by atoms with Gasteiger partial charge in [0.25, 0.3) is 0 Å². The van der Waals surface area contributed by atoms with Crippen LogP contribution in [0.2, 0.25) is 0 Å². The van der Waals surface area contributed by atoms with Crippen molar-refractivity contribution >= 4 is 23.3 Å². The molecule has 4 N–H and O–H groups in total. The Hall–Kier alpha value is -2.42. The summed E-state index contributed by atoms with van der Waals surface area (Å²) in [5.41, 5.74) is 5.10. The van der Waals surface area contributed by atoms with Crippen LogP contribution in [0.3, 0.4) is 0 Å². The van der Waals surface area contributed by atoms with Crippen LogP contribution in [0.5, 0.6) is 0 Å². The van der Waals surface area contributed by atoms with E-state index < -0.39 is 12.1 Å². The number of hydrogen-bond donors (Lipinski definition) is 3. The van der Waals surface area contributed by atoms with Crippen LogP contribution in [0.25, 0.3) is 10.7 Å². The van der Waals surface area contributed by atoms with Gasteiger partial charge in [-0.25, -0.2) is 4.79 Å². The monoisotopic (exact) mass is 379 g/mol. The predicted octanol–water partition coefficient (Wildman–Crippen LogP) is 2.32. The second kappa shape index (κ2) is 9.91. The Morgan fingerprint density at radius 2 is 2.12 bits per heavy atom. The number of carbonyl (C=O) groups excluding carboxylic acids is 2. The number of carbonyl (C=O) groups is 2. The van der Waals surface area contributed by atoms with Crippen LogP contribution in [0, 0.1) is 5.92 Å². The van der Waals surface area contributed by atoms with Gasteiger partial charge >= 0.3 is 6.03 Å². The van der Waals surface area contributed by atoms with E-state index in [1.807, 2.05) is 31.4 Å². The van der Waals surface area contributed by atoms with E-state index in [-0.39, 0.29) is 11.8 Å². The van der Waals surface area contributed by atoms with E-state index in [0.717, 1.165) is 24.1 Å². The van der Waals surface area contributed by atoms with Crippen LogP contribution in [0.15, 0.2) is 22.0 Å². The van der Waals surface area contributed by atoms with Crippen LogP contribution in [-0.2, 0) is 11.2 Å². The lowest BCUT2D eigenvalue weighted by atomic mass is 10.0. The van der Waals surface area contributed by atoms with Crippen molar-refractivity contribution < 1.29 is 14.1 Å². The fraction of sp³-hybridized carbons (Fsp3) is 0.529. The number of primary amides is 1. The normalized spacial score (nSPS) is 12.1. The van der Waals surface area contributed by atoms with Crippen molar-refractivity contribution in [3.8, 4) is 10.7 Å². The molecule has 0 saturated heterocycles. The first kappa shape index (κ1) is 19.9. The quantitative estimate of drug-likeness (QED) is 0.547. The molecular weight excluding hydrogens is 354 g/mol. The molecule has 0 aliphatic heterocycles. The summed E-state index contributed by atoms with van der Waals surface area (Å²) in [5, 5.41) is 11.3. The van der Waals surface area contributed by atoms with Gasteiger partial charge in [0.2, 0.25) is 17.6 Å². The molecule has 26 heavy (non-hydrogen) atoms. The molecule has 142 valence electrons. The average molecular weight is 379 g/mol. The molecule has 0 aliphatic carbocycles. The molecule has 9 heteroatoms. The van der Waals surface area contributed by atoms with Gasteiger partial charge in [-0.05, 0) is 30.2 Å². The summed E-state index contributed by atoms with van der Waals surface area (Å²) in [6, 6.07) is 2.61. The molecule has 8 nitrogen and oxygen atoms in total.